The molecule has 0 fully saturated rings. The lowest BCUT2D eigenvalue weighted by Gasteiger charge is -2.22. The number of fused-ring (bicyclic) bond motifs is 1. The third kappa shape index (κ3) is 2.27. The quantitative estimate of drug-likeness (QED) is 0.832. The van der Waals surface area contributed by atoms with Crippen molar-refractivity contribution in [2.75, 3.05) is 17.7 Å². The highest BCUT2D eigenvalue weighted by Crippen LogP contribution is 2.19. The molecule has 0 aliphatic carbocycles. The minimum atomic E-state index is 0.0517. The summed E-state index contributed by atoms with van der Waals surface area (Å²) in [5.74, 6) is 1.46. The van der Waals surface area contributed by atoms with Crippen molar-refractivity contribution in [3.8, 4) is 0 Å². The van der Waals surface area contributed by atoms with Crippen molar-refractivity contribution < 1.29 is 0 Å². The number of rotatable bonds is 4. The standard InChI is InChI=1S/C11H15ClN4/c1-11(2,7-12)8-14-10-9-3-4-15-16(9)6-5-13-10/h3-6H,7-8H2,1-2H3,(H,13,14). The van der Waals surface area contributed by atoms with E-state index in [0.717, 1.165) is 17.9 Å². The van der Waals surface area contributed by atoms with Crippen LogP contribution >= 0.6 is 11.6 Å². The van der Waals surface area contributed by atoms with E-state index in [-0.39, 0.29) is 5.41 Å². The van der Waals surface area contributed by atoms with Gasteiger partial charge in [0.15, 0.2) is 5.82 Å². The van der Waals surface area contributed by atoms with Crippen LogP contribution < -0.4 is 5.32 Å². The first-order valence-electron chi connectivity index (χ1n) is 5.21. The Morgan fingerprint density at radius 3 is 3.00 bits per heavy atom. The molecular weight excluding hydrogens is 224 g/mol. The normalized spacial score (nSPS) is 11.9. The second-order valence-corrected chi connectivity index (χ2v) is 4.86. The molecule has 0 radical (unpaired) electrons. The highest BCUT2D eigenvalue weighted by Gasteiger charge is 2.16. The lowest BCUT2D eigenvalue weighted by atomic mass is 9.97. The van der Waals surface area contributed by atoms with Gasteiger partial charge in [-0.05, 0) is 11.5 Å². The maximum absolute atomic E-state index is 5.88. The molecule has 0 unspecified atom stereocenters. The lowest BCUT2D eigenvalue weighted by Crippen LogP contribution is -2.25. The summed E-state index contributed by atoms with van der Waals surface area (Å²) in [5, 5.41) is 7.46. The molecule has 5 heteroatoms. The van der Waals surface area contributed by atoms with Gasteiger partial charge >= 0.3 is 0 Å². The van der Waals surface area contributed by atoms with Gasteiger partial charge < -0.3 is 5.32 Å². The molecule has 2 aromatic heterocycles. The number of hydrogen-bond acceptors (Lipinski definition) is 3. The predicted octanol–water partition coefficient (Wildman–Crippen LogP) is 2.41. The zero-order valence-electron chi connectivity index (χ0n) is 9.44. The number of nitrogens with zero attached hydrogens (tertiary/aromatic N) is 3. The number of nitrogens with one attached hydrogen (secondary N) is 1. The fourth-order valence-electron chi connectivity index (χ4n) is 1.36. The van der Waals surface area contributed by atoms with E-state index in [4.69, 9.17) is 11.6 Å². The largest absolute Gasteiger partial charge is 0.368 e. The Balaban J connectivity index is 2.18. The SMILES string of the molecule is CC(C)(CCl)CNc1nccn2nccc12. The second kappa shape index (κ2) is 4.29. The van der Waals surface area contributed by atoms with Crippen LogP contribution in [0, 0.1) is 5.41 Å². The monoisotopic (exact) mass is 238 g/mol. The molecule has 2 heterocycles. The van der Waals surface area contributed by atoms with Crippen LogP contribution in [0.25, 0.3) is 5.52 Å². The fraction of sp³-hybridized carbons (Fsp3) is 0.455. The van der Waals surface area contributed by atoms with E-state index in [9.17, 15) is 0 Å². The number of halogens is 1. The van der Waals surface area contributed by atoms with Crippen molar-refractivity contribution in [3.63, 3.8) is 0 Å². The van der Waals surface area contributed by atoms with Crippen molar-refractivity contribution >= 4 is 22.9 Å². The van der Waals surface area contributed by atoms with Crippen molar-refractivity contribution in [1.29, 1.82) is 0 Å². The summed E-state index contributed by atoms with van der Waals surface area (Å²) in [6.45, 7) is 5.02. The van der Waals surface area contributed by atoms with E-state index in [1.54, 1.807) is 16.9 Å². The molecule has 0 aliphatic rings. The fourth-order valence-corrected chi connectivity index (χ4v) is 1.46. The molecule has 0 amide bonds. The van der Waals surface area contributed by atoms with Gasteiger partial charge in [0.05, 0.1) is 6.20 Å². The third-order valence-electron chi connectivity index (χ3n) is 2.42. The smallest absolute Gasteiger partial charge is 0.152 e. The Hall–Kier alpha value is -1.29. The predicted molar refractivity (Wildman–Crippen MR) is 66.0 cm³/mol. The third-order valence-corrected chi connectivity index (χ3v) is 3.14. The van der Waals surface area contributed by atoms with Crippen molar-refractivity contribution in [2.24, 2.45) is 5.41 Å². The molecule has 0 saturated heterocycles. The molecule has 4 nitrogen and oxygen atoms in total. The summed E-state index contributed by atoms with van der Waals surface area (Å²) in [4.78, 5) is 4.30. The molecule has 16 heavy (non-hydrogen) atoms. The molecule has 0 atom stereocenters. The Kier molecular flexibility index (Phi) is 3.01. The summed E-state index contributed by atoms with van der Waals surface area (Å²) in [6, 6.07) is 1.93. The molecule has 0 aromatic carbocycles. The molecule has 86 valence electrons. The molecule has 1 N–H and O–H groups in total. The molecule has 0 bridgehead atoms. The van der Waals surface area contributed by atoms with Gasteiger partial charge in [0.1, 0.15) is 5.52 Å². The van der Waals surface area contributed by atoms with Crippen LogP contribution in [0.1, 0.15) is 13.8 Å². The Bertz CT molecular complexity index is 478. The summed E-state index contributed by atoms with van der Waals surface area (Å²) >= 11 is 5.88. The van der Waals surface area contributed by atoms with Crippen LogP contribution in [-0.4, -0.2) is 27.0 Å². The molecule has 0 aliphatic heterocycles. The van der Waals surface area contributed by atoms with Gasteiger partial charge in [0, 0.05) is 24.8 Å². The maximum Gasteiger partial charge on any atom is 0.152 e. The molecule has 2 aromatic rings. The van der Waals surface area contributed by atoms with E-state index in [2.05, 4.69) is 29.2 Å². The minimum Gasteiger partial charge on any atom is -0.368 e. The highest BCUT2D eigenvalue weighted by molar-refractivity contribution is 6.18. The van der Waals surface area contributed by atoms with Gasteiger partial charge in [-0.2, -0.15) is 5.10 Å². The number of alkyl halides is 1. The highest BCUT2D eigenvalue weighted by atomic mass is 35.5. The number of anilines is 1. The summed E-state index contributed by atoms with van der Waals surface area (Å²) in [7, 11) is 0. The summed E-state index contributed by atoms with van der Waals surface area (Å²) in [5.41, 5.74) is 1.03. The Labute approximate surface area is 99.6 Å². The van der Waals surface area contributed by atoms with E-state index in [1.807, 2.05) is 12.3 Å². The zero-order valence-corrected chi connectivity index (χ0v) is 10.2. The Morgan fingerprint density at radius 1 is 1.44 bits per heavy atom. The van der Waals surface area contributed by atoms with E-state index in [0.29, 0.717) is 5.88 Å². The number of hydrogen-bond donors (Lipinski definition) is 1. The van der Waals surface area contributed by atoms with E-state index >= 15 is 0 Å². The van der Waals surface area contributed by atoms with Crippen molar-refractivity contribution in [2.45, 2.75) is 13.8 Å². The summed E-state index contributed by atoms with van der Waals surface area (Å²) < 4.78 is 1.79. The first kappa shape index (κ1) is 11.2. The van der Waals surface area contributed by atoms with Gasteiger partial charge in [0.25, 0.3) is 0 Å². The van der Waals surface area contributed by atoms with Gasteiger partial charge in [-0.15, -0.1) is 11.6 Å². The van der Waals surface area contributed by atoms with Crippen LogP contribution in [0.2, 0.25) is 0 Å². The first-order chi connectivity index (χ1) is 7.62. The van der Waals surface area contributed by atoms with Crippen molar-refractivity contribution in [3.05, 3.63) is 24.7 Å². The van der Waals surface area contributed by atoms with Crippen LogP contribution in [0.15, 0.2) is 24.7 Å². The lowest BCUT2D eigenvalue weighted by molar-refractivity contribution is 0.450. The average Bonchev–Trinajstić information content (AvgIpc) is 2.75. The second-order valence-electron chi connectivity index (χ2n) is 4.59. The van der Waals surface area contributed by atoms with Crippen LogP contribution in [0.4, 0.5) is 5.82 Å². The maximum atomic E-state index is 5.88. The van der Waals surface area contributed by atoms with Gasteiger partial charge in [-0.3, -0.25) is 0 Å². The van der Waals surface area contributed by atoms with Gasteiger partial charge in [-0.25, -0.2) is 9.50 Å². The first-order valence-corrected chi connectivity index (χ1v) is 5.74. The average molecular weight is 239 g/mol. The molecular formula is C11H15ClN4. The molecule has 2 rings (SSSR count). The minimum absolute atomic E-state index is 0.0517. The van der Waals surface area contributed by atoms with E-state index < -0.39 is 0 Å². The summed E-state index contributed by atoms with van der Waals surface area (Å²) in [6.07, 6.45) is 5.32. The van der Waals surface area contributed by atoms with Gasteiger partial charge in [0.2, 0.25) is 0 Å². The topological polar surface area (TPSA) is 42.2 Å². The zero-order chi connectivity index (χ0) is 11.6. The number of aromatic nitrogens is 3. The van der Waals surface area contributed by atoms with Gasteiger partial charge in [-0.1, -0.05) is 13.8 Å². The van der Waals surface area contributed by atoms with E-state index in [1.165, 1.54) is 0 Å². The molecule has 0 saturated carbocycles. The van der Waals surface area contributed by atoms with Crippen LogP contribution in [0.3, 0.4) is 0 Å². The Morgan fingerprint density at radius 2 is 2.25 bits per heavy atom. The van der Waals surface area contributed by atoms with Crippen molar-refractivity contribution in [1.82, 2.24) is 14.6 Å². The van der Waals surface area contributed by atoms with Crippen LogP contribution in [-0.2, 0) is 0 Å². The molecule has 0 spiro atoms. The van der Waals surface area contributed by atoms with Crippen LogP contribution in [0.5, 0.6) is 0 Å².